The Bertz CT molecular complexity index is 717. The number of anilines is 1. The quantitative estimate of drug-likeness (QED) is 0.907. The van der Waals surface area contributed by atoms with Crippen LogP contribution >= 0.6 is 11.3 Å². The second-order valence-corrected chi connectivity index (χ2v) is 6.40. The Balaban J connectivity index is 1.60. The van der Waals surface area contributed by atoms with Crippen molar-refractivity contribution in [2.24, 2.45) is 0 Å². The predicted molar refractivity (Wildman–Crippen MR) is 80.9 cm³/mol. The highest BCUT2D eigenvalue weighted by Crippen LogP contribution is 2.29. The molecule has 2 aromatic heterocycles. The lowest BCUT2D eigenvalue weighted by Crippen LogP contribution is -2.30. The van der Waals surface area contributed by atoms with Crippen molar-refractivity contribution in [1.29, 1.82) is 0 Å². The molecule has 1 fully saturated rings. The molecule has 0 unspecified atom stereocenters. The lowest BCUT2D eigenvalue weighted by molar-refractivity contribution is 0.0950. The first-order valence-electron chi connectivity index (χ1n) is 7.20. The highest BCUT2D eigenvalue weighted by atomic mass is 32.1. The van der Waals surface area contributed by atoms with Crippen molar-refractivity contribution >= 4 is 23.2 Å². The zero-order valence-corrected chi connectivity index (χ0v) is 12.6. The number of nitrogens with one attached hydrogen (secondary N) is 1. The molecule has 0 aromatic carbocycles. The lowest BCUT2D eigenvalue weighted by Gasteiger charge is -2.14. The Kier molecular flexibility index (Phi) is 3.25. The Labute approximate surface area is 130 Å². The van der Waals surface area contributed by atoms with Crippen LogP contribution in [0.5, 0.6) is 0 Å². The van der Waals surface area contributed by atoms with Crippen LogP contribution < -0.4 is 10.2 Å². The third-order valence-corrected chi connectivity index (χ3v) is 5.00. The van der Waals surface area contributed by atoms with Crippen LogP contribution in [0, 0.1) is 0 Å². The van der Waals surface area contributed by atoms with Gasteiger partial charge in [-0.2, -0.15) is 0 Å². The number of hydrogen-bond acceptors (Lipinski definition) is 6. The van der Waals surface area contributed by atoms with Gasteiger partial charge in [0.05, 0.1) is 12.2 Å². The predicted octanol–water partition coefficient (Wildman–Crippen LogP) is 1.43. The van der Waals surface area contributed by atoms with Crippen LogP contribution in [0.2, 0.25) is 0 Å². The average molecular weight is 319 g/mol. The van der Waals surface area contributed by atoms with E-state index in [1.54, 1.807) is 12.4 Å². The summed E-state index contributed by atoms with van der Waals surface area (Å²) in [6.45, 7) is 1.63. The maximum atomic E-state index is 13.2. The molecule has 0 radical (unpaired) electrons. The van der Waals surface area contributed by atoms with Crippen LogP contribution in [0.4, 0.5) is 10.3 Å². The third kappa shape index (κ3) is 2.33. The molecule has 8 heteroatoms. The van der Waals surface area contributed by atoms with Crippen molar-refractivity contribution in [2.75, 3.05) is 24.5 Å². The van der Waals surface area contributed by atoms with Gasteiger partial charge in [0.2, 0.25) is 5.95 Å². The highest BCUT2D eigenvalue weighted by molar-refractivity contribution is 7.17. The molecule has 6 nitrogen and oxygen atoms in total. The van der Waals surface area contributed by atoms with E-state index >= 15 is 0 Å². The number of carbonyl (C=O) groups is 1. The zero-order chi connectivity index (χ0) is 15.1. The molecule has 4 heterocycles. The summed E-state index contributed by atoms with van der Waals surface area (Å²) in [5.74, 6) is 0.483. The molecule has 0 aliphatic carbocycles. The molecule has 1 N–H and O–H groups in total. The minimum absolute atomic E-state index is 0.0615. The van der Waals surface area contributed by atoms with E-state index in [1.807, 2.05) is 4.90 Å². The third-order valence-electron chi connectivity index (χ3n) is 3.85. The molecular formula is C14H14FN5OS. The molecule has 1 saturated heterocycles. The van der Waals surface area contributed by atoms with Gasteiger partial charge in [-0.1, -0.05) is 0 Å². The largest absolute Gasteiger partial charge is 0.351 e. The van der Waals surface area contributed by atoms with Crippen molar-refractivity contribution < 1.29 is 9.18 Å². The Morgan fingerprint density at radius 3 is 2.86 bits per heavy atom. The smallest absolute Gasteiger partial charge is 0.263 e. The van der Waals surface area contributed by atoms with Crippen LogP contribution in [0.3, 0.4) is 0 Å². The standard InChI is InChI=1S/C14H14FN5OS/c15-9-2-4-20(7-9)14-17-5-8(6-18-14)13-19-10-1-3-16-12(21)11(10)22-13/h5-6,9H,1-4,7H2,(H,16,21)/t9-/m0/s1. The first-order valence-corrected chi connectivity index (χ1v) is 8.01. The van der Waals surface area contributed by atoms with Gasteiger partial charge < -0.3 is 10.2 Å². The van der Waals surface area contributed by atoms with Gasteiger partial charge in [-0.15, -0.1) is 11.3 Å². The van der Waals surface area contributed by atoms with E-state index in [4.69, 9.17) is 0 Å². The monoisotopic (exact) mass is 319 g/mol. The molecule has 1 atom stereocenters. The second kappa shape index (κ2) is 5.28. The molecule has 0 spiro atoms. The fourth-order valence-corrected chi connectivity index (χ4v) is 3.69. The van der Waals surface area contributed by atoms with Crippen molar-refractivity contribution in [2.45, 2.75) is 19.0 Å². The topological polar surface area (TPSA) is 71.0 Å². The van der Waals surface area contributed by atoms with Gasteiger partial charge in [0.15, 0.2) is 0 Å². The van der Waals surface area contributed by atoms with E-state index in [2.05, 4.69) is 20.3 Å². The number of halogens is 1. The molecule has 0 saturated carbocycles. The molecule has 114 valence electrons. The molecule has 2 aliphatic rings. The molecule has 2 aromatic rings. The fraction of sp³-hybridized carbons (Fsp3) is 0.429. The summed E-state index contributed by atoms with van der Waals surface area (Å²) in [6, 6.07) is 0. The summed E-state index contributed by atoms with van der Waals surface area (Å²) >= 11 is 1.36. The van der Waals surface area contributed by atoms with Gasteiger partial charge in [-0.05, 0) is 6.42 Å². The van der Waals surface area contributed by atoms with Crippen LogP contribution in [0.1, 0.15) is 21.8 Å². The maximum Gasteiger partial charge on any atom is 0.263 e. The fourth-order valence-electron chi connectivity index (χ4n) is 2.69. The van der Waals surface area contributed by atoms with Gasteiger partial charge in [0.25, 0.3) is 5.91 Å². The molecule has 1 amide bonds. The van der Waals surface area contributed by atoms with E-state index in [0.717, 1.165) is 22.7 Å². The van der Waals surface area contributed by atoms with Crippen LogP contribution in [0.15, 0.2) is 12.4 Å². The summed E-state index contributed by atoms with van der Waals surface area (Å²) in [7, 11) is 0. The molecule has 22 heavy (non-hydrogen) atoms. The Morgan fingerprint density at radius 1 is 1.36 bits per heavy atom. The van der Waals surface area contributed by atoms with Crippen molar-refractivity contribution in [3.05, 3.63) is 23.0 Å². The van der Waals surface area contributed by atoms with E-state index in [1.165, 1.54) is 11.3 Å². The SMILES string of the molecule is O=C1NCCc2nc(-c3cnc(N4CC[C@H](F)C4)nc3)sc21. The summed E-state index contributed by atoms with van der Waals surface area (Å²) < 4.78 is 13.2. The van der Waals surface area contributed by atoms with E-state index in [9.17, 15) is 9.18 Å². The van der Waals surface area contributed by atoms with Gasteiger partial charge in [0, 0.05) is 37.5 Å². The number of carbonyl (C=O) groups excluding carboxylic acids is 1. The van der Waals surface area contributed by atoms with E-state index in [0.29, 0.717) is 36.9 Å². The van der Waals surface area contributed by atoms with Crippen LogP contribution in [-0.2, 0) is 6.42 Å². The van der Waals surface area contributed by atoms with Gasteiger partial charge in [-0.25, -0.2) is 19.3 Å². The number of hydrogen-bond donors (Lipinski definition) is 1. The number of amides is 1. The number of nitrogens with zero attached hydrogens (tertiary/aromatic N) is 4. The Morgan fingerprint density at radius 2 is 2.18 bits per heavy atom. The maximum absolute atomic E-state index is 13.2. The first-order chi connectivity index (χ1) is 10.7. The highest BCUT2D eigenvalue weighted by Gasteiger charge is 2.25. The van der Waals surface area contributed by atoms with Gasteiger partial charge in [0.1, 0.15) is 16.1 Å². The normalized spacial score (nSPS) is 20.9. The number of alkyl halides is 1. The summed E-state index contributed by atoms with van der Waals surface area (Å²) in [5, 5.41) is 3.56. The number of fused-ring (bicyclic) bond motifs is 1. The second-order valence-electron chi connectivity index (χ2n) is 5.40. The number of aromatic nitrogens is 3. The minimum Gasteiger partial charge on any atom is -0.351 e. The van der Waals surface area contributed by atoms with E-state index < -0.39 is 6.17 Å². The number of rotatable bonds is 2. The zero-order valence-electron chi connectivity index (χ0n) is 11.8. The molecule has 0 bridgehead atoms. The van der Waals surface area contributed by atoms with Gasteiger partial charge in [-0.3, -0.25) is 4.79 Å². The number of thiazole rings is 1. The van der Waals surface area contributed by atoms with Crippen molar-refractivity contribution in [3.63, 3.8) is 0 Å². The summed E-state index contributed by atoms with van der Waals surface area (Å²) in [4.78, 5) is 27.4. The Hall–Kier alpha value is -2.09. The average Bonchev–Trinajstić information content (AvgIpc) is 3.15. The first kappa shape index (κ1) is 13.6. The van der Waals surface area contributed by atoms with Crippen LogP contribution in [0.25, 0.3) is 10.6 Å². The molecule has 2 aliphatic heterocycles. The van der Waals surface area contributed by atoms with E-state index in [-0.39, 0.29) is 5.91 Å². The lowest BCUT2D eigenvalue weighted by atomic mass is 10.2. The molecular weight excluding hydrogens is 305 g/mol. The summed E-state index contributed by atoms with van der Waals surface area (Å²) in [5.41, 5.74) is 1.62. The summed E-state index contributed by atoms with van der Waals surface area (Å²) in [6.07, 6.45) is 3.86. The van der Waals surface area contributed by atoms with Crippen molar-refractivity contribution in [3.8, 4) is 10.6 Å². The molecule has 4 rings (SSSR count). The van der Waals surface area contributed by atoms with Gasteiger partial charge >= 0.3 is 0 Å². The van der Waals surface area contributed by atoms with Crippen LogP contribution in [-0.4, -0.2) is 46.7 Å². The van der Waals surface area contributed by atoms with Crippen molar-refractivity contribution in [1.82, 2.24) is 20.3 Å². The minimum atomic E-state index is -0.799.